The van der Waals surface area contributed by atoms with E-state index in [4.69, 9.17) is 15.9 Å². The van der Waals surface area contributed by atoms with Gasteiger partial charge in [0, 0.05) is 44.1 Å². The predicted molar refractivity (Wildman–Crippen MR) is 99.2 cm³/mol. The highest BCUT2D eigenvalue weighted by atomic mass is 19.1. The van der Waals surface area contributed by atoms with E-state index in [1.807, 2.05) is 4.90 Å². The highest BCUT2D eigenvalue weighted by molar-refractivity contribution is 5.94. The summed E-state index contributed by atoms with van der Waals surface area (Å²) >= 11 is 0. The van der Waals surface area contributed by atoms with E-state index in [0.717, 1.165) is 5.82 Å². The number of carbonyl (C=O) groups excluding carboxylic acids is 1. The van der Waals surface area contributed by atoms with E-state index in [0.29, 0.717) is 37.4 Å². The van der Waals surface area contributed by atoms with Gasteiger partial charge in [-0.1, -0.05) is 12.1 Å². The van der Waals surface area contributed by atoms with Gasteiger partial charge in [0.05, 0.1) is 11.9 Å². The van der Waals surface area contributed by atoms with Crippen molar-refractivity contribution in [3.05, 3.63) is 48.2 Å². The Kier molecular flexibility index (Phi) is 5.80. The van der Waals surface area contributed by atoms with E-state index < -0.39 is 11.8 Å². The number of hydrogen-bond donors (Lipinski definition) is 2. The molecule has 2 heterocycles. The van der Waals surface area contributed by atoms with Gasteiger partial charge in [-0.2, -0.15) is 0 Å². The van der Waals surface area contributed by atoms with Crippen molar-refractivity contribution in [2.75, 3.05) is 36.0 Å². The number of piperazine rings is 1. The average molecular weight is 372 g/mol. The number of nitrogens with one attached hydrogen (secondary N) is 1. The lowest BCUT2D eigenvalue weighted by Gasteiger charge is -2.36. The summed E-state index contributed by atoms with van der Waals surface area (Å²) in [7, 11) is 0. The van der Waals surface area contributed by atoms with Crippen molar-refractivity contribution in [1.82, 2.24) is 9.97 Å². The molecule has 2 aromatic rings. The molecule has 3 N–H and O–H groups in total. The van der Waals surface area contributed by atoms with Crippen molar-refractivity contribution in [1.29, 1.82) is 5.41 Å². The van der Waals surface area contributed by atoms with Crippen LogP contribution in [0.5, 0.6) is 0 Å². The summed E-state index contributed by atoms with van der Waals surface area (Å²) in [6, 6.07) is 5.03. The molecule has 0 unspecified atom stereocenters. The van der Waals surface area contributed by atoms with Gasteiger partial charge in [0.1, 0.15) is 24.7 Å². The lowest BCUT2D eigenvalue weighted by Crippen LogP contribution is -2.47. The van der Waals surface area contributed by atoms with Crippen molar-refractivity contribution in [3.63, 3.8) is 0 Å². The Morgan fingerprint density at radius 3 is 2.63 bits per heavy atom. The monoisotopic (exact) mass is 372 g/mol. The largest absolute Gasteiger partial charge is 0.460 e. The summed E-state index contributed by atoms with van der Waals surface area (Å²) in [5.74, 6) is -0.523. The van der Waals surface area contributed by atoms with Crippen LogP contribution in [0.15, 0.2) is 36.8 Å². The quantitative estimate of drug-likeness (QED) is 0.447. The van der Waals surface area contributed by atoms with Gasteiger partial charge >= 0.3 is 5.97 Å². The first-order valence-corrected chi connectivity index (χ1v) is 8.56. The molecule has 0 radical (unpaired) electrons. The number of ether oxygens (including phenoxy) is 1. The molecule has 142 valence electrons. The van der Waals surface area contributed by atoms with Gasteiger partial charge in [-0.05, 0) is 6.07 Å². The standard InChI is InChI=1S/C18H21FN6O2/c19-18-13(12-27-17(26)10-15(20)21)2-1-3-14(18)24-6-8-25(9-7-24)16-11-22-4-5-23-16/h1-5,11H,6-10,12H2,(H3,20,21). The maximum atomic E-state index is 14.9. The minimum Gasteiger partial charge on any atom is -0.460 e. The lowest BCUT2D eigenvalue weighted by atomic mass is 10.1. The number of amidine groups is 1. The summed E-state index contributed by atoms with van der Waals surface area (Å²) in [5, 5.41) is 7.08. The molecule has 0 aliphatic carbocycles. The van der Waals surface area contributed by atoms with E-state index in [2.05, 4.69) is 14.9 Å². The second-order valence-corrected chi connectivity index (χ2v) is 6.15. The normalized spacial score (nSPS) is 14.1. The Hall–Kier alpha value is -3.23. The van der Waals surface area contributed by atoms with Gasteiger partial charge in [0.2, 0.25) is 0 Å². The molecular formula is C18H21FN6O2. The van der Waals surface area contributed by atoms with Crippen LogP contribution >= 0.6 is 0 Å². The smallest absolute Gasteiger partial charge is 0.313 e. The third kappa shape index (κ3) is 4.69. The summed E-state index contributed by atoms with van der Waals surface area (Å²) < 4.78 is 19.8. The molecular weight excluding hydrogens is 351 g/mol. The molecule has 0 saturated carbocycles. The van der Waals surface area contributed by atoms with Crippen LogP contribution in [-0.2, 0) is 16.1 Å². The third-order valence-electron chi connectivity index (χ3n) is 4.28. The summed E-state index contributed by atoms with van der Waals surface area (Å²) in [4.78, 5) is 23.9. The van der Waals surface area contributed by atoms with E-state index in [1.165, 1.54) is 0 Å². The Labute approximate surface area is 156 Å². The molecule has 0 atom stereocenters. The molecule has 1 aliphatic heterocycles. The van der Waals surface area contributed by atoms with E-state index >= 15 is 0 Å². The van der Waals surface area contributed by atoms with Crippen molar-refractivity contribution >= 4 is 23.3 Å². The molecule has 8 nitrogen and oxygen atoms in total. The van der Waals surface area contributed by atoms with Gasteiger partial charge in [0.15, 0.2) is 5.82 Å². The Morgan fingerprint density at radius 1 is 1.22 bits per heavy atom. The fourth-order valence-electron chi connectivity index (χ4n) is 2.92. The van der Waals surface area contributed by atoms with Gasteiger partial charge < -0.3 is 20.3 Å². The number of rotatable bonds is 6. The number of halogens is 1. The lowest BCUT2D eigenvalue weighted by molar-refractivity contribution is -0.143. The minimum atomic E-state index is -0.648. The molecule has 0 bridgehead atoms. The van der Waals surface area contributed by atoms with Gasteiger partial charge in [-0.15, -0.1) is 0 Å². The van der Waals surface area contributed by atoms with Crippen LogP contribution in [-0.4, -0.2) is 48.0 Å². The second kappa shape index (κ2) is 8.43. The Morgan fingerprint density at radius 2 is 1.96 bits per heavy atom. The zero-order valence-electron chi connectivity index (χ0n) is 14.8. The molecule has 0 spiro atoms. The van der Waals surface area contributed by atoms with Crippen molar-refractivity contribution in [2.24, 2.45) is 5.73 Å². The second-order valence-electron chi connectivity index (χ2n) is 6.15. The molecule has 0 amide bonds. The number of aromatic nitrogens is 2. The number of nitrogens with zero attached hydrogens (tertiary/aromatic N) is 4. The molecule has 3 rings (SSSR count). The van der Waals surface area contributed by atoms with E-state index in [9.17, 15) is 9.18 Å². The van der Waals surface area contributed by atoms with Crippen LogP contribution in [0.1, 0.15) is 12.0 Å². The van der Waals surface area contributed by atoms with Crippen molar-refractivity contribution < 1.29 is 13.9 Å². The van der Waals surface area contributed by atoms with Crippen molar-refractivity contribution in [2.45, 2.75) is 13.0 Å². The fraction of sp³-hybridized carbons (Fsp3) is 0.333. The SMILES string of the molecule is N=C(N)CC(=O)OCc1cccc(N2CCN(c3cnccn3)CC2)c1F. The average Bonchev–Trinajstić information content (AvgIpc) is 2.67. The molecule has 9 heteroatoms. The van der Waals surface area contributed by atoms with Crippen LogP contribution in [0.4, 0.5) is 15.9 Å². The van der Waals surface area contributed by atoms with Crippen LogP contribution in [0.25, 0.3) is 0 Å². The topological polar surface area (TPSA) is 108 Å². The number of hydrogen-bond acceptors (Lipinski definition) is 7. The first-order chi connectivity index (χ1) is 13.0. The summed E-state index contributed by atoms with van der Waals surface area (Å²) in [6.07, 6.45) is 4.69. The van der Waals surface area contributed by atoms with Crippen LogP contribution < -0.4 is 15.5 Å². The molecule has 1 aliphatic rings. The highest BCUT2D eigenvalue weighted by Crippen LogP contribution is 2.25. The zero-order chi connectivity index (χ0) is 19.2. The number of benzene rings is 1. The number of carbonyl (C=O) groups is 1. The molecule has 27 heavy (non-hydrogen) atoms. The minimum absolute atomic E-state index is 0.189. The van der Waals surface area contributed by atoms with Crippen molar-refractivity contribution in [3.8, 4) is 0 Å². The maximum Gasteiger partial charge on any atom is 0.313 e. The third-order valence-corrected chi connectivity index (χ3v) is 4.28. The molecule has 1 fully saturated rings. The number of nitrogens with two attached hydrogens (primary N) is 1. The summed E-state index contributed by atoms with van der Waals surface area (Å²) in [6.45, 7) is 2.50. The Bertz CT molecular complexity index is 809. The number of anilines is 2. The molecule has 1 saturated heterocycles. The van der Waals surface area contributed by atoms with Gasteiger partial charge in [-0.25, -0.2) is 9.37 Å². The van der Waals surface area contributed by atoms with Gasteiger partial charge in [0.25, 0.3) is 0 Å². The fourth-order valence-corrected chi connectivity index (χ4v) is 2.92. The van der Waals surface area contributed by atoms with Gasteiger partial charge in [-0.3, -0.25) is 15.2 Å². The predicted octanol–water partition coefficient (Wildman–Crippen LogP) is 1.31. The molecule has 1 aromatic carbocycles. The van der Waals surface area contributed by atoms with E-state index in [1.54, 1.807) is 36.8 Å². The maximum absolute atomic E-state index is 14.9. The molecule has 1 aromatic heterocycles. The highest BCUT2D eigenvalue weighted by Gasteiger charge is 2.22. The zero-order valence-corrected chi connectivity index (χ0v) is 14.8. The first kappa shape index (κ1) is 18.6. The van der Waals surface area contributed by atoms with Crippen LogP contribution in [0.2, 0.25) is 0 Å². The number of esters is 1. The Balaban J connectivity index is 1.62. The first-order valence-electron chi connectivity index (χ1n) is 8.56. The van der Waals surface area contributed by atoms with Crippen LogP contribution in [0, 0.1) is 11.2 Å². The summed E-state index contributed by atoms with van der Waals surface area (Å²) in [5.41, 5.74) is 5.93. The van der Waals surface area contributed by atoms with Crippen LogP contribution in [0.3, 0.4) is 0 Å². The van der Waals surface area contributed by atoms with E-state index in [-0.39, 0.29) is 18.9 Å².